The van der Waals surface area contributed by atoms with E-state index < -0.39 is 9.84 Å². The van der Waals surface area contributed by atoms with Gasteiger partial charge >= 0.3 is 0 Å². The van der Waals surface area contributed by atoms with Crippen molar-refractivity contribution in [2.75, 3.05) is 5.75 Å². The number of benzene rings is 3. The molecule has 5 heteroatoms. The fraction of sp³-hybridized carbons (Fsp3) is 0.0870. The minimum absolute atomic E-state index is 0.113. The maximum absolute atomic E-state index is 12.7. The summed E-state index contributed by atoms with van der Waals surface area (Å²) in [6.45, 7) is 0.467. The van der Waals surface area contributed by atoms with E-state index in [0.29, 0.717) is 12.4 Å². The van der Waals surface area contributed by atoms with Gasteiger partial charge in [-0.2, -0.15) is 0 Å². The standard InChI is InChI=1S/C23H18O4S/c24-23-19(16-28(25,26)22-9-5-4-8-21(22)23)14-17-10-12-20(13-11-17)27-15-18-6-2-1-3-7-18/h1-14H,15-16H2/b19-14+. The average molecular weight is 390 g/mol. The highest BCUT2D eigenvalue weighted by Crippen LogP contribution is 2.29. The molecule has 0 N–H and O–H groups in total. The molecule has 3 aromatic carbocycles. The molecule has 140 valence electrons. The van der Waals surface area contributed by atoms with Crippen molar-refractivity contribution in [3.8, 4) is 5.75 Å². The van der Waals surface area contributed by atoms with Crippen molar-refractivity contribution in [2.45, 2.75) is 11.5 Å². The number of ketones is 1. The summed E-state index contributed by atoms with van der Waals surface area (Å²) in [5, 5.41) is 0. The van der Waals surface area contributed by atoms with Crippen LogP contribution in [-0.2, 0) is 16.4 Å². The number of ether oxygens (including phenoxy) is 1. The van der Waals surface area contributed by atoms with Crippen LogP contribution in [0.2, 0.25) is 0 Å². The zero-order chi connectivity index (χ0) is 19.6. The molecule has 3 aromatic rings. The van der Waals surface area contributed by atoms with Crippen LogP contribution in [0.4, 0.5) is 0 Å². The Morgan fingerprint density at radius 3 is 2.29 bits per heavy atom. The molecule has 1 heterocycles. The summed E-state index contributed by atoms with van der Waals surface area (Å²) in [5.74, 6) is 0.184. The van der Waals surface area contributed by atoms with Gasteiger partial charge in [0.25, 0.3) is 0 Å². The monoisotopic (exact) mass is 390 g/mol. The second-order valence-electron chi connectivity index (χ2n) is 6.60. The van der Waals surface area contributed by atoms with E-state index in [2.05, 4.69) is 0 Å². The van der Waals surface area contributed by atoms with Gasteiger partial charge < -0.3 is 4.74 Å². The summed E-state index contributed by atoms with van der Waals surface area (Å²) in [4.78, 5) is 12.8. The van der Waals surface area contributed by atoms with Gasteiger partial charge in [-0.1, -0.05) is 54.6 Å². The van der Waals surface area contributed by atoms with Crippen LogP contribution < -0.4 is 4.74 Å². The van der Waals surface area contributed by atoms with Gasteiger partial charge in [0.05, 0.1) is 10.6 Å². The van der Waals surface area contributed by atoms with Gasteiger partial charge in [-0.3, -0.25) is 4.79 Å². The molecule has 0 aliphatic carbocycles. The number of fused-ring (bicyclic) bond motifs is 1. The number of hydrogen-bond donors (Lipinski definition) is 0. The summed E-state index contributed by atoms with van der Waals surface area (Å²) < 4.78 is 30.7. The fourth-order valence-corrected chi connectivity index (χ4v) is 4.72. The van der Waals surface area contributed by atoms with Gasteiger partial charge in [-0.05, 0) is 41.5 Å². The smallest absolute Gasteiger partial charge is 0.191 e. The van der Waals surface area contributed by atoms with Crippen molar-refractivity contribution in [1.29, 1.82) is 0 Å². The lowest BCUT2D eigenvalue weighted by atomic mass is 10.0. The van der Waals surface area contributed by atoms with E-state index in [9.17, 15) is 13.2 Å². The maximum Gasteiger partial charge on any atom is 0.191 e. The molecule has 0 unspecified atom stereocenters. The summed E-state index contributed by atoms with van der Waals surface area (Å²) >= 11 is 0. The van der Waals surface area contributed by atoms with Crippen LogP contribution >= 0.6 is 0 Å². The number of carbonyl (C=O) groups is 1. The van der Waals surface area contributed by atoms with Crippen LogP contribution in [0.5, 0.6) is 5.75 Å². The first-order valence-corrected chi connectivity index (χ1v) is 10.5. The first-order chi connectivity index (χ1) is 13.5. The van der Waals surface area contributed by atoms with Crippen LogP contribution in [0.25, 0.3) is 6.08 Å². The predicted molar refractivity (Wildman–Crippen MR) is 108 cm³/mol. The molecule has 4 rings (SSSR count). The van der Waals surface area contributed by atoms with Crippen molar-refractivity contribution in [3.05, 3.63) is 101 Å². The Hall–Kier alpha value is -3.18. The summed E-state index contributed by atoms with van der Waals surface area (Å²) in [5.41, 5.74) is 2.34. The minimum Gasteiger partial charge on any atom is -0.489 e. The number of carbonyl (C=O) groups excluding carboxylic acids is 1. The normalized spacial score (nSPS) is 16.6. The molecule has 0 fully saturated rings. The Morgan fingerprint density at radius 2 is 1.54 bits per heavy atom. The molecule has 0 atom stereocenters. The lowest BCUT2D eigenvalue weighted by Crippen LogP contribution is -2.24. The van der Waals surface area contributed by atoms with Crippen LogP contribution in [0.1, 0.15) is 21.5 Å². The second-order valence-corrected chi connectivity index (χ2v) is 8.56. The van der Waals surface area contributed by atoms with Gasteiger partial charge in [0, 0.05) is 11.1 Å². The third kappa shape index (κ3) is 3.75. The highest BCUT2D eigenvalue weighted by Gasteiger charge is 2.32. The lowest BCUT2D eigenvalue weighted by Gasteiger charge is -2.17. The molecule has 0 saturated carbocycles. The van der Waals surface area contributed by atoms with Gasteiger partial charge in [-0.25, -0.2) is 8.42 Å². The van der Waals surface area contributed by atoms with Crippen LogP contribution in [0.3, 0.4) is 0 Å². The quantitative estimate of drug-likeness (QED) is 0.623. The molecule has 0 radical (unpaired) electrons. The molecule has 1 aliphatic heterocycles. The van der Waals surface area contributed by atoms with Crippen LogP contribution in [0, 0.1) is 0 Å². The third-order valence-electron chi connectivity index (χ3n) is 4.57. The van der Waals surface area contributed by atoms with Crippen LogP contribution in [0.15, 0.2) is 89.3 Å². The largest absolute Gasteiger partial charge is 0.489 e. The fourth-order valence-electron chi connectivity index (χ4n) is 3.16. The maximum atomic E-state index is 12.7. The predicted octanol–water partition coefficient (Wildman–Crippen LogP) is 4.32. The topological polar surface area (TPSA) is 60.4 Å². The van der Waals surface area contributed by atoms with Gasteiger partial charge in [0.15, 0.2) is 15.6 Å². The van der Waals surface area contributed by atoms with Crippen molar-refractivity contribution in [3.63, 3.8) is 0 Å². The molecule has 0 amide bonds. The average Bonchev–Trinajstić information content (AvgIpc) is 2.72. The van der Waals surface area contributed by atoms with Crippen LogP contribution in [-0.4, -0.2) is 20.0 Å². The molecule has 28 heavy (non-hydrogen) atoms. The van der Waals surface area contributed by atoms with Gasteiger partial charge in [-0.15, -0.1) is 0 Å². The van der Waals surface area contributed by atoms with E-state index in [1.807, 2.05) is 54.6 Å². The van der Waals surface area contributed by atoms with Gasteiger partial charge in [0.1, 0.15) is 12.4 Å². The number of Topliss-reactive ketones (excluding diaryl/α,β-unsaturated/α-hetero) is 1. The summed E-state index contributed by atoms with van der Waals surface area (Å²) in [7, 11) is -3.51. The number of hydrogen-bond acceptors (Lipinski definition) is 4. The molecule has 0 bridgehead atoms. The molecule has 0 saturated heterocycles. The second kappa shape index (κ2) is 7.44. The van der Waals surface area contributed by atoms with E-state index in [1.54, 1.807) is 24.3 Å². The zero-order valence-electron chi connectivity index (χ0n) is 15.0. The zero-order valence-corrected chi connectivity index (χ0v) is 15.9. The Bertz CT molecular complexity index is 1140. The number of rotatable bonds is 4. The Balaban J connectivity index is 1.54. The molecule has 0 spiro atoms. The highest BCUT2D eigenvalue weighted by molar-refractivity contribution is 7.91. The molecular formula is C23H18O4S. The van der Waals surface area contributed by atoms with Crippen molar-refractivity contribution < 1.29 is 17.9 Å². The molecule has 1 aliphatic rings. The SMILES string of the molecule is O=C1/C(=C/c2ccc(OCc3ccccc3)cc2)CS(=O)(=O)c2ccccc21. The number of sulfone groups is 1. The Kier molecular flexibility index (Phi) is 4.84. The molecule has 4 nitrogen and oxygen atoms in total. The van der Waals surface area contributed by atoms with E-state index in [1.165, 1.54) is 6.07 Å². The highest BCUT2D eigenvalue weighted by atomic mass is 32.2. The van der Waals surface area contributed by atoms with E-state index in [-0.39, 0.29) is 27.6 Å². The van der Waals surface area contributed by atoms with E-state index >= 15 is 0 Å². The van der Waals surface area contributed by atoms with Gasteiger partial charge in [0.2, 0.25) is 0 Å². The summed E-state index contributed by atoms with van der Waals surface area (Å²) in [6.07, 6.45) is 1.64. The Labute approximate surface area is 164 Å². The van der Waals surface area contributed by atoms with Crippen molar-refractivity contribution in [2.24, 2.45) is 0 Å². The lowest BCUT2D eigenvalue weighted by molar-refractivity contribution is 0.103. The van der Waals surface area contributed by atoms with Crippen molar-refractivity contribution >= 4 is 21.7 Å². The van der Waals surface area contributed by atoms with E-state index in [4.69, 9.17) is 4.74 Å². The minimum atomic E-state index is -3.51. The van der Waals surface area contributed by atoms with E-state index in [0.717, 1.165) is 11.1 Å². The first kappa shape index (κ1) is 18.2. The molecular weight excluding hydrogens is 372 g/mol. The first-order valence-electron chi connectivity index (χ1n) is 8.87. The Morgan fingerprint density at radius 1 is 0.857 bits per heavy atom. The van der Waals surface area contributed by atoms with Crippen molar-refractivity contribution in [1.82, 2.24) is 0 Å². The summed E-state index contributed by atoms with van der Waals surface area (Å²) in [6, 6.07) is 23.5. The third-order valence-corrected chi connectivity index (χ3v) is 6.29. The molecule has 0 aromatic heterocycles.